The SMILES string of the molecule is CCOC(=O)c1ccc(S(=O)(=O)Nc2ncn[nH]2)cc1. The lowest BCUT2D eigenvalue weighted by Crippen LogP contribution is -2.14. The van der Waals surface area contributed by atoms with Crippen molar-refractivity contribution in [2.45, 2.75) is 11.8 Å². The first-order chi connectivity index (χ1) is 9.53. The molecule has 0 atom stereocenters. The molecule has 0 fully saturated rings. The minimum atomic E-state index is -3.77. The zero-order valence-corrected chi connectivity index (χ0v) is 11.3. The smallest absolute Gasteiger partial charge is 0.338 e. The van der Waals surface area contributed by atoms with Crippen LogP contribution in [0.3, 0.4) is 0 Å². The van der Waals surface area contributed by atoms with Gasteiger partial charge in [-0.05, 0) is 31.2 Å². The largest absolute Gasteiger partial charge is 0.462 e. The number of anilines is 1. The molecule has 0 unspecified atom stereocenters. The Hall–Kier alpha value is -2.42. The highest BCUT2D eigenvalue weighted by molar-refractivity contribution is 7.92. The average molecular weight is 296 g/mol. The maximum atomic E-state index is 12.0. The molecule has 0 radical (unpaired) electrons. The van der Waals surface area contributed by atoms with Crippen molar-refractivity contribution in [2.24, 2.45) is 0 Å². The number of nitrogens with zero attached hydrogens (tertiary/aromatic N) is 2. The third-order valence-electron chi connectivity index (χ3n) is 2.32. The first kappa shape index (κ1) is 14.0. The normalized spacial score (nSPS) is 11.1. The second-order valence-corrected chi connectivity index (χ2v) is 5.37. The van der Waals surface area contributed by atoms with E-state index in [1.54, 1.807) is 6.92 Å². The number of aromatic nitrogens is 3. The minimum absolute atomic E-state index is 0.00180. The molecule has 8 nitrogen and oxygen atoms in total. The summed E-state index contributed by atoms with van der Waals surface area (Å²) in [4.78, 5) is 15.1. The van der Waals surface area contributed by atoms with Gasteiger partial charge in [0.05, 0.1) is 17.1 Å². The molecule has 0 aliphatic carbocycles. The van der Waals surface area contributed by atoms with Crippen molar-refractivity contribution < 1.29 is 17.9 Å². The van der Waals surface area contributed by atoms with Gasteiger partial charge in [0.25, 0.3) is 10.0 Å². The van der Waals surface area contributed by atoms with E-state index in [1.165, 1.54) is 30.6 Å². The molecule has 2 aromatic rings. The Balaban J connectivity index is 2.19. The van der Waals surface area contributed by atoms with Gasteiger partial charge >= 0.3 is 5.97 Å². The van der Waals surface area contributed by atoms with Crippen molar-refractivity contribution in [3.63, 3.8) is 0 Å². The third kappa shape index (κ3) is 3.12. The highest BCUT2D eigenvalue weighted by Gasteiger charge is 2.16. The Labute approximate surface area is 115 Å². The molecular weight excluding hydrogens is 284 g/mol. The van der Waals surface area contributed by atoms with E-state index >= 15 is 0 Å². The van der Waals surface area contributed by atoms with E-state index in [0.717, 1.165) is 0 Å². The van der Waals surface area contributed by atoms with E-state index in [2.05, 4.69) is 19.9 Å². The summed E-state index contributed by atoms with van der Waals surface area (Å²) in [6.07, 6.45) is 1.18. The molecule has 1 heterocycles. The van der Waals surface area contributed by atoms with Gasteiger partial charge in [-0.3, -0.25) is 0 Å². The van der Waals surface area contributed by atoms with Crippen LogP contribution in [0.2, 0.25) is 0 Å². The monoisotopic (exact) mass is 296 g/mol. The second kappa shape index (κ2) is 5.70. The van der Waals surface area contributed by atoms with Crippen LogP contribution in [0.25, 0.3) is 0 Å². The Kier molecular flexibility index (Phi) is 3.99. The third-order valence-corrected chi connectivity index (χ3v) is 3.68. The molecule has 20 heavy (non-hydrogen) atoms. The number of hydrogen-bond donors (Lipinski definition) is 2. The predicted molar refractivity (Wildman–Crippen MR) is 69.6 cm³/mol. The summed E-state index contributed by atoms with van der Waals surface area (Å²) < 4.78 is 31.0. The van der Waals surface area contributed by atoms with E-state index in [0.29, 0.717) is 0 Å². The molecule has 106 valence electrons. The highest BCUT2D eigenvalue weighted by Crippen LogP contribution is 2.14. The molecule has 0 aliphatic heterocycles. The average Bonchev–Trinajstić information content (AvgIpc) is 2.91. The maximum absolute atomic E-state index is 12.0. The van der Waals surface area contributed by atoms with Crippen molar-refractivity contribution in [3.8, 4) is 0 Å². The summed E-state index contributed by atoms with van der Waals surface area (Å²) in [5.74, 6) is -0.487. The van der Waals surface area contributed by atoms with Crippen LogP contribution in [0, 0.1) is 0 Å². The van der Waals surface area contributed by atoms with E-state index in [9.17, 15) is 13.2 Å². The van der Waals surface area contributed by atoms with Crippen LogP contribution in [0.5, 0.6) is 0 Å². The molecule has 2 N–H and O–H groups in total. The molecule has 0 aliphatic rings. The summed E-state index contributed by atoms with van der Waals surface area (Å²) in [6, 6.07) is 5.38. The Morgan fingerprint density at radius 3 is 2.60 bits per heavy atom. The standard InChI is InChI=1S/C11H12N4O4S/c1-2-19-10(16)8-3-5-9(6-4-8)20(17,18)15-11-12-7-13-14-11/h3-7H,2H2,1H3,(H2,12,13,14,15). The van der Waals surface area contributed by atoms with E-state index in [1.807, 2.05) is 0 Å². The molecule has 0 bridgehead atoms. The summed E-state index contributed by atoms with van der Waals surface area (Å²) >= 11 is 0. The number of aromatic amines is 1. The van der Waals surface area contributed by atoms with Crippen molar-refractivity contribution in [1.82, 2.24) is 15.2 Å². The van der Waals surface area contributed by atoms with Gasteiger partial charge in [-0.2, -0.15) is 10.1 Å². The Morgan fingerprint density at radius 2 is 2.05 bits per heavy atom. The number of rotatable bonds is 5. The minimum Gasteiger partial charge on any atom is -0.462 e. The summed E-state index contributed by atoms with van der Waals surface area (Å²) in [6.45, 7) is 1.95. The van der Waals surface area contributed by atoms with Gasteiger partial charge in [0, 0.05) is 0 Å². The van der Waals surface area contributed by atoms with Crippen LogP contribution in [0.4, 0.5) is 5.95 Å². The van der Waals surface area contributed by atoms with Crippen molar-refractivity contribution in [2.75, 3.05) is 11.3 Å². The molecule has 2 rings (SSSR count). The highest BCUT2D eigenvalue weighted by atomic mass is 32.2. The lowest BCUT2D eigenvalue weighted by Gasteiger charge is -2.06. The van der Waals surface area contributed by atoms with Gasteiger partial charge in [0.1, 0.15) is 6.33 Å². The number of sulfonamides is 1. The fourth-order valence-electron chi connectivity index (χ4n) is 1.43. The zero-order valence-electron chi connectivity index (χ0n) is 10.5. The number of H-pyrrole nitrogens is 1. The molecule has 0 saturated heterocycles. The number of esters is 1. The summed E-state index contributed by atoms with van der Waals surface area (Å²) in [7, 11) is -3.77. The fraction of sp³-hybridized carbons (Fsp3) is 0.182. The number of carbonyl (C=O) groups excluding carboxylic acids is 1. The Bertz CT molecular complexity index is 680. The van der Waals surface area contributed by atoms with E-state index in [4.69, 9.17) is 4.74 Å². The van der Waals surface area contributed by atoms with Crippen LogP contribution in [-0.4, -0.2) is 36.2 Å². The number of benzene rings is 1. The summed E-state index contributed by atoms with van der Waals surface area (Å²) in [5, 5.41) is 5.92. The first-order valence-electron chi connectivity index (χ1n) is 5.68. The van der Waals surface area contributed by atoms with Crippen LogP contribution in [0.1, 0.15) is 17.3 Å². The predicted octanol–water partition coefficient (Wildman–Crippen LogP) is 0.782. The van der Waals surface area contributed by atoms with Gasteiger partial charge in [0.2, 0.25) is 5.95 Å². The lowest BCUT2D eigenvalue weighted by molar-refractivity contribution is 0.0526. The van der Waals surface area contributed by atoms with Gasteiger partial charge in [0.15, 0.2) is 0 Å². The first-order valence-corrected chi connectivity index (χ1v) is 7.16. The quantitative estimate of drug-likeness (QED) is 0.788. The number of hydrogen-bond acceptors (Lipinski definition) is 6. The van der Waals surface area contributed by atoms with Crippen LogP contribution >= 0.6 is 0 Å². The lowest BCUT2D eigenvalue weighted by atomic mass is 10.2. The summed E-state index contributed by atoms with van der Waals surface area (Å²) in [5.41, 5.74) is 0.283. The van der Waals surface area contributed by atoms with E-state index < -0.39 is 16.0 Å². The van der Waals surface area contributed by atoms with Crippen LogP contribution in [-0.2, 0) is 14.8 Å². The topological polar surface area (TPSA) is 114 Å². The maximum Gasteiger partial charge on any atom is 0.338 e. The number of ether oxygens (including phenoxy) is 1. The molecule has 0 spiro atoms. The number of nitrogens with one attached hydrogen (secondary N) is 2. The number of carbonyl (C=O) groups is 1. The van der Waals surface area contributed by atoms with Crippen molar-refractivity contribution >= 4 is 21.9 Å². The Morgan fingerprint density at radius 1 is 1.35 bits per heavy atom. The molecule has 0 amide bonds. The molecule has 9 heteroatoms. The van der Waals surface area contributed by atoms with Gasteiger partial charge in [-0.1, -0.05) is 0 Å². The van der Waals surface area contributed by atoms with Crippen molar-refractivity contribution in [1.29, 1.82) is 0 Å². The molecular formula is C11H12N4O4S. The van der Waals surface area contributed by atoms with Crippen molar-refractivity contribution in [3.05, 3.63) is 36.2 Å². The molecule has 1 aromatic heterocycles. The molecule has 1 aromatic carbocycles. The zero-order chi connectivity index (χ0) is 14.6. The van der Waals surface area contributed by atoms with Crippen LogP contribution in [0.15, 0.2) is 35.5 Å². The van der Waals surface area contributed by atoms with Crippen LogP contribution < -0.4 is 4.72 Å². The van der Waals surface area contributed by atoms with Gasteiger partial charge in [-0.15, -0.1) is 0 Å². The fourth-order valence-corrected chi connectivity index (χ4v) is 2.39. The van der Waals surface area contributed by atoms with Gasteiger partial charge < -0.3 is 4.74 Å². The van der Waals surface area contributed by atoms with E-state index in [-0.39, 0.29) is 23.0 Å². The second-order valence-electron chi connectivity index (χ2n) is 3.68. The molecule has 0 saturated carbocycles. The van der Waals surface area contributed by atoms with Gasteiger partial charge in [-0.25, -0.2) is 23.0 Å².